The molecule has 0 aromatic heterocycles. The van der Waals surface area contributed by atoms with Crippen LogP contribution in [0.3, 0.4) is 0 Å². The van der Waals surface area contributed by atoms with Crippen LogP contribution in [0, 0.1) is 0 Å². The minimum Gasteiger partial charge on any atom is -0.462 e. The molecule has 0 saturated carbocycles. The highest BCUT2D eigenvalue weighted by molar-refractivity contribution is 5.71. The summed E-state index contributed by atoms with van der Waals surface area (Å²) in [6, 6.07) is 0. The van der Waals surface area contributed by atoms with Gasteiger partial charge in [0.25, 0.3) is 0 Å². The van der Waals surface area contributed by atoms with Crippen LogP contribution in [-0.2, 0) is 28.6 Å². The molecule has 0 aliphatic heterocycles. The van der Waals surface area contributed by atoms with Crippen molar-refractivity contribution in [1.29, 1.82) is 0 Å². The average Bonchev–Trinajstić information content (AvgIpc) is 3.37. The van der Waals surface area contributed by atoms with E-state index < -0.39 is 6.10 Å². The van der Waals surface area contributed by atoms with Crippen molar-refractivity contribution < 1.29 is 28.6 Å². The average molecular weight is 992 g/mol. The Morgan fingerprint density at radius 3 is 0.859 bits per heavy atom. The fourth-order valence-corrected chi connectivity index (χ4v) is 8.68. The maximum Gasteiger partial charge on any atom is 0.306 e. The summed E-state index contributed by atoms with van der Waals surface area (Å²) in [6.45, 7) is 6.52. The van der Waals surface area contributed by atoms with Gasteiger partial charge in [0.1, 0.15) is 13.2 Å². The third-order valence-corrected chi connectivity index (χ3v) is 13.2. The van der Waals surface area contributed by atoms with Crippen molar-refractivity contribution in [2.45, 2.75) is 309 Å². The minimum absolute atomic E-state index is 0.0695. The third-order valence-electron chi connectivity index (χ3n) is 13.2. The molecule has 0 aromatic carbocycles. The maximum absolute atomic E-state index is 12.8. The summed E-state index contributed by atoms with van der Waals surface area (Å²) in [6.07, 6.45) is 76.4. The van der Waals surface area contributed by atoms with E-state index in [9.17, 15) is 14.4 Å². The van der Waals surface area contributed by atoms with Crippen LogP contribution in [0.2, 0.25) is 0 Å². The van der Waals surface area contributed by atoms with E-state index in [-0.39, 0.29) is 31.1 Å². The van der Waals surface area contributed by atoms with Crippen LogP contribution in [0.15, 0.2) is 72.9 Å². The van der Waals surface area contributed by atoms with E-state index in [0.717, 1.165) is 96.3 Å². The lowest BCUT2D eigenvalue weighted by molar-refractivity contribution is -0.167. The Balaban J connectivity index is 4.03. The van der Waals surface area contributed by atoms with Crippen molar-refractivity contribution in [3.05, 3.63) is 72.9 Å². The van der Waals surface area contributed by atoms with Crippen molar-refractivity contribution in [1.82, 2.24) is 0 Å². The van der Waals surface area contributed by atoms with Gasteiger partial charge in [-0.3, -0.25) is 14.4 Å². The third kappa shape index (κ3) is 57.6. The predicted octanol–water partition coefficient (Wildman–Crippen LogP) is 20.5. The van der Waals surface area contributed by atoms with Crippen molar-refractivity contribution in [2.24, 2.45) is 0 Å². The summed E-state index contributed by atoms with van der Waals surface area (Å²) in [5.41, 5.74) is 0. The number of hydrogen-bond acceptors (Lipinski definition) is 6. The smallest absolute Gasteiger partial charge is 0.306 e. The van der Waals surface area contributed by atoms with E-state index >= 15 is 0 Å². The van der Waals surface area contributed by atoms with Crippen molar-refractivity contribution in [2.75, 3.05) is 13.2 Å². The van der Waals surface area contributed by atoms with Crippen LogP contribution in [0.4, 0.5) is 0 Å². The Kier molecular flexibility index (Phi) is 56.8. The molecule has 0 saturated heterocycles. The molecule has 0 rings (SSSR count). The van der Waals surface area contributed by atoms with E-state index in [4.69, 9.17) is 14.2 Å². The highest BCUT2D eigenvalue weighted by atomic mass is 16.6. The van der Waals surface area contributed by atoms with Gasteiger partial charge in [0.15, 0.2) is 6.10 Å². The molecule has 0 amide bonds. The number of unbranched alkanes of at least 4 members (excludes halogenated alkanes) is 32. The fourth-order valence-electron chi connectivity index (χ4n) is 8.68. The zero-order valence-corrected chi connectivity index (χ0v) is 47.0. The molecule has 0 fully saturated rings. The van der Waals surface area contributed by atoms with Gasteiger partial charge in [-0.05, 0) is 70.6 Å². The number of carbonyl (C=O) groups excluding carboxylic acids is 3. The Bertz CT molecular complexity index is 1320. The van der Waals surface area contributed by atoms with Crippen LogP contribution in [0.5, 0.6) is 0 Å². The molecule has 0 aliphatic carbocycles. The highest BCUT2D eigenvalue weighted by Crippen LogP contribution is 2.16. The molecular formula is C65H114O6. The molecule has 0 N–H and O–H groups in total. The first-order chi connectivity index (χ1) is 35.0. The summed E-state index contributed by atoms with van der Waals surface area (Å²) < 4.78 is 16.8. The molecule has 1 unspecified atom stereocenters. The van der Waals surface area contributed by atoms with E-state index in [1.165, 1.54) is 167 Å². The quantitative estimate of drug-likeness (QED) is 0.0261. The number of allylic oxidation sites excluding steroid dienone is 12. The lowest BCUT2D eigenvalue weighted by Crippen LogP contribution is -2.30. The SMILES string of the molecule is CC/C=C\C/C=C\C/C=C\C/C=C\C/C=C\C/C=C\CCCCCCCCCCCCCCCCC(=O)OCC(COC(=O)CCCCCCCCCCCC)OC(=O)CCCCCCCCCCCC. The van der Waals surface area contributed by atoms with Gasteiger partial charge in [0, 0.05) is 19.3 Å². The molecule has 71 heavy (non-hydrogen) atoms. The van der Waals surface area contributed by atoms with Gasteiger partial charge in [-0.25, -0.2) is 0 Å². The van der Waals surface area contributed by atoms with Gasteiger partial charge in [-0.2, -0.15) is 0 Å². The van der Waals surface area contributed by atoms with Gasteiger partial charge in [-0.1, -0.05) is 286 Å². The summed E-state index contributed by atoms with van der Waals surface area (Å²) in [7, 11) is 0. The van der Waals surface area contributed by atoms with E-state index in [1.807, 2.05) is 0 Å². The summed E-state index contributed by atoms with van der Waals surface area (Å²) in [4.78, 5) is 38.0. The molecular weight excluding hydrogens is 877 g/mol. The van der Waals surface area contributed by atoms with E-state index in [2.05, 4.69) is 93.7 Å². The molecule has 0 aromatic rings. The van der Waals surface area contributed by atoms with Crippen molar-refractivity contribution >= 4 is 17.9 Å². The van der Waals surface area contributed by atoms with Gasteiger partial charge in [-0.15, -0.1) is 0 Å². The lowest BCUT2D eigenvalue weighted by Gasteiger charge is -2.18. The molecule has 0 bridgehead atoms. The molecule has 0 aliphatic rings. The maximum atomic E-state index is 12.8. The molecule has 0 spiro atoms. The van der Waals surface area contributed by atoms with E-state index in [1.54, 1.807) is 0 Å². The van der Waals surface area contributed by atoms with Gasteiger partial charge >= 0.3 is 17.9 Å². The monoisotopic (exact) mass is 991 g/mol. The topological polar surface area (TPSA) is 78.9 Å². The molecule has 0 heterocycles. The Morgan fingerprint density at radius 2 is 0.549 bits per heavy atom. The Labute approximate surface area is 440 Å². The largest absolute Gasteiger partial charge is 0.462 e. The molecule has 1 atom stereocenters. The minimum atomic E-state index is -0.768. The number of esters is 3. The zero-order chi connectivity index (χ0) is 51.4. The van der Waals surface area contributed by atoms with Crippen molar-refractivity contribution in [3.63, 3.8) is 0 Å². The molecule has 410 valence electrons. The second-order valence-corrected chi connectivity index (χ2v) is 20.2. The van der Waals surface area contributed by atoms with Crippen LogP contribution in [-0.4, -0.2) is 37.2 Å². The summed E-state index contributed by atoms with van der Waals surface area (Å²) in [5.74, 6) is -0.862. The predicted molar refractivity (Wildman–Crippen MR) is 307 cm³/mol. The van der Waals surface area contributed by atoms with Gasteiger partial charge < -0.3 is 14.2 Å². The van der Waals surface area contributed by atoms with Gasteiger partial charge in [0.05, 0.1) is 0 Å². The standard InChI is InChI=1S/C65H114O6/c1-4-7-10-13-16-19-22-23-24-25-26-27-28-29-30-31-32-33-34-35-36-37-38-39-40-41-42-43-44-47-49-52-55-58-64(67)70-61-62(71-65(68)59-56-53-50-46-21-18-15-12-9-6-3)60-69-63(66)57-54-51-48-45-20-17-14-11-8-5-2/h7,10,16,19,23-24,26-27,29-30,32-33,62H,4-6,8-9,11-15,17-18,20-22,25,28,31,34-61H2,1-3H3/b10-7-,19-16-,24-23-,27-26-,30-29-,33-32-. The van der Waals surface area contributed by atoms with Gasteiger partial charge in [0.2, 0.25) is 0 Å². The van der Waals surface area contributed by atoms with Crippen molar-refractivity contribution in [3.8, 4) is 0 Å². The van der Waals surface area contributed by atoms with E-state index in [0.29, 0.717) is 19.3 Å². The molecule has 6 nitrogen and oxygen atoms in total. The van der Waals surface area contributed by atoms with Crippen LogP contribution in [0.1, 0.15) is 303 Å². The normalized spacial score (nSPS) is 12.5. The Morgan fingerprint density at radius 1 is 0.296 bits per heavy atom. The lowest BCUT2D eigenvalue weighted by atomic mass is 10.0. The number of ether oxygens (including phenoxy) is 3. The molecule has 0 radical (unpaired) electrons. The second kappa shape index (κ2) is 59.4. The van der Waals surface area contributed by atoms with Crippen LogP contribution < -0.4 is 0 Å². The second-order valence-electron chi connectivity index (χ2n) is 20.2. The van der Waals surface area contributed by atoms with Crippen LogP contribution >= 0.6 is 0 Å². The Hall–Kier alpha value is -3.15. The highest BCUT2D eigenvalue weighted by Gasteiger charge is 2.19. The first-order valence-corrected chi connectivity index (χ1v) is 30.4. The molecule has 6 heteroatoms. The fraction of sp³-hybridized carbons (Fsp3) is 0.769. The summed E-state index contributed by atoms with van der Waals surface area (Å²) in [5, 5.41) is 0. The first-order valence-electron chi connectivity index (χ1n) is 30.4. The number of carbonyl (C=O) groups is 3. The number of rotatable bonds is 55. The first kappa shape index (κ1) is 67.8. The zero-order valence-electron chi connectivity index (χ0n) is 47.0. The summed E-state index contributed by atoms with van der Waals surface area (Å²) >= 11 is 0. The number of hydrogen-bond donors (Lipinski definition) is 0. The van der Waals surface area contributed by atoms with Crippen LogP contribution in [0.25, 0.3) is 0 Å².